The minimum Gasteiger partial charge on any atom is -0.487 e. The average Bonchev–Trinajstić information content (AvgIpc) is 2.84. The van der Waals surface area contributed by atoms with E-state index in [1.54, 1.807) is 12.1 Å². The van der Waals surface area contributed by atoms with Crippen LogP contribution in [0.4, 0.5) is 4.39 Å². The van der Waals surface area contributed by atoms with Gasteiger partial charge < -0.3 is 14.6 Å². The van der Waals surface area contributed by atoms with Crippen molar-refractivity contribution >= 4 is 5.97 Å². The molecule has 0 aromatic heterocycles. The van der Waals surface area contributed by atoms with E-state index >= 15 is 0 Å². The summed E-state index contributed by atoms with van der Waals surface area (Å²) in [7, 11) is 0. The van der Waals surface area contributed by atoms with Gasteiger partial charge in [0.05, 0.1) is 18.1 Å². The molecular weight excluding hydrogens is 443 g/mol. The largest absolute Gasteiger partial charge is 0.487 e. The summed E-state index contributed by atoms with van der Waals surface area (Å²) < 4.78 is 26.3. The Bertz CT molecular complexity index is 1190. The lowest BCUT2D eigenvalue weighted by Crippen LogP contribution is -2.52. The second kappa shape index (κ2) is 9.46. The first-order chi connectivity index (χ1) is 16.8. The summed E-state index contributed by atoms with van der Waals surface area (Å²) in [5.74, 6) is -1.01. The smallest absolute Gasteiger partial charge is 0.309 e. The van der Waals surface area contributed by atoms with Crippen molar-refractivity contribution in [2.75, 3.05) is 0 Å². The van der Waals surface area contributed by atoms with Crippen LogP contribution in [-0.4, -0.2) is 22.8 Å². The van der Waals surface area contributed by atoms with E-state index in [0.717, 1.165) is 23.3 Å². The zero-order valence-electron chi connectivity index (χ0n) is 20.1. The molecule has 4 nitrogen and oxygen atoms in total. The number of fused-ring (bicyclic) bond motifs is 3. The number of carboxylic acids is 1. The van der Waals surface area contributed by atoms with Crippen LogP contribution < -0.4 is 4.74 Å². The molecule has 0 unspecified atom stereocenters. The molecule has 1 N–H and O–H groups in total. The Kier molecular flexibility index (Phi) is 6.37. The predicted octanol–water partition coefficient (Wildman–Crippen LogP) is 6.37. The molecule has 0 amide bonds. The van der Waals surface area contributed by atoms with Crippen molar-refractivity contribution in [2.24, 2.45) is 11.8 Å². The lowest BCUT2D eigenvalue weighted by atomic mass is 9.71. The number of aliphatic carboxylic acids is 1. The summed E-state index contributed by atoms with van der Waals surface area (Å²) in [6.07, 6.45) is 1.82. The summed E-state index contributed by atoms with van der Waals surface area (Å²) in [4.78, 5) is 12.2. The molecule has 0 aliphatic carbocycles. The first-order valence-corrected chi connectivity index (χ1v) is 12.3. The first-order valence-electron chi connectivity index (χ1n) is 12.3. The van der Waals surface area contributed by atoms with Crippen molar-refractivity contribution in [1.82, 2.24) is 0 Å². The van der Waals surface area contributed by atoms with Crippen molar-refractivity contribution in [3.63, 3.8) is 0 Å². The fourth-order valence-electron chi connectivity index (χ4n) is 5.57. The fourth-order valence-corrected chi connectivity index (χ4v) is 5.57. The maximum atomic E-state index is 13.3. The second-order valence-corrected chi connectivity index (χ2v) is 10.3. The molecule has 3 aromatic rings. The van der Waals surface area contributed by atoms with Crippen LogP contribution in [0.3, 0.4) is 0 Å². The molecule has 0 radical (unpaired) electrons. The van der Waals surface area contributed by atoms with Gasteiger partial charge in [0.15, 0.2) is 0 Å². The molecule has 0 spiro atoms. The third-order valence-corrected chi connectivity index (χ3v) is 7.49. The topological polar surface area (TPSA) is 55.8 Å². The molecular formula is C30H31FO4. The summed E-state index contributed by atoms with van der Waals surface area (Å²) in [5.41, 5.74) is 3.82. The van der Waals surface area contributed by atoms with E-state index in [0.29, 0.717) is 19.3 Å². The molecule has 35 heavy (non-hydrogen) atoms. The third kappa shape index (κ3) is 4.96. The van der Waals surface area contributed by atoms with Gasteiger partial charge in [0.25, 0.3) is 0 Å². The SMILES string of the molecule is CC1(C)Oc2ccc(Cc3ccccc3)cc2[C@H]2O[C@@H](CCc3ccc(F)cc3)[C@@H](C(=O)O)C[C@@H]21. The molecule has 182 valence electrons. The van der Waals surface area contributed by atoms with Gasteiger partial charge in [0, 0.05) is 11.5 Å². The number of carbonyl (C=O) groups is 1. The Morgan fingerprint density at radius 2 is 1.71 bits per heavy atom. The molecule has 5 heteroatoms. The predicted molar refractivity (Wildman–Crippen MR) is 132 cm³/mol. The Morgan fingerprint density at radius 3 is 2.43 bits per heavy atom. The molecule has 2 aliphatic heterocycles. The Hall–Kier alpha value is -3.18. The van der Waals surface area contributed by atoms with Crippen LogP contribution in [0.2, 0.25) is 0 Å². The number of aryl methyl sites for hydroxylation is 1. The van der Waals surface area contributed by atoms with Crippen molar-refractivity contribution in [3.8, 4) is 5.75 Å². The second-order valence-electron chi connectivity index (χ2n) is 10.3. The van der Waals surface area contributed by atoms with Crippen LogP contribution in [0.15, 0.2) is 72.8 Å². The molecule has 1 fully saturated rings. The minimum atomic E-state index is -0.841. The molecule has 0 saturated carbocycles. The van der Waals surface area contributed by atoms with Gasteiger partial charge in [-0.15, -0.1) is 0 Å². The Morgan fingerprint density at radius 1 is 1.00 bits per heavy atom. The van der Waals surface area contributed by atoms with Crippen LogP contribution in [0.25, 0.3) is 0 Å². The Balaban J connectivity index is 1.43. The van der Waals surface area contributed by atoms with E-state index < -0.39 is 23.6 Å². The van der Waals surface area contributed by atoms with Crippen molar-refractivity contribution in [1.29, 1.82) is 0 Å². The summed E-state index contributed by atoms with van der Waals surface area (Å²) in [5, 5.41) is 10.0. The number of carboxylic acid groups (broad SMARTS) is 1. The van der Waals surface area contributed by atoms with Crippen LogP contribution >= 0.6 is 0 Å². The van der Waals surface area contributed by atoms with E-state index in [9.17, 15) is 14.3 Å². The van der Waals surface area contributed by atoms with E-state index in [4.69, 9.17) is 9.47 Å². The van der Waals surface area contributed by atoms with E-state index in [2.05, 4.69) is 24.3 Å². The van der Waals surface area contributed by atoms with Crippen molar-refractivity contribution in [3.05, 3.63) is 101 Å². The van der Waals surface area contributed by atoms with Crippen LogP contribution in [0.1, 0.15) is 55.0 Å². The van der Waals surface area contributed by atoms with Crippen molar-refractivity contribution < 1.29 is 23.8 Å². The van der Waals surface area contributed by atoms with Crippen LogP contribution in [0.5, 0.6) is 5.75 Å². The van der Waals surface area contributed by atoms with Crippen molar-refractivity contribution in [2.45, 2.75) is 57.3 Å². The Labute approximate surface area is 205 Å². The van der Waals surface area contributed by atoms with Gasteiger partial charge in [-0.2, -0.15) is 0 Å². The molecule has 2 heterocycles. The fraction of sp³-hybridized carbons (Fsp3) is 0.367. The zero-order chi connectivity index (χ0) is 24.6. The maximum Gasteiger partial charge on any atom is 0.309 e. The van der Waals surface area contributed by atoms with Gasteiger partial charge in [0.2, 0.25) is 0 Å². The molecule has 2 aliphatic rings. The number of rotatable bonds is 6. The number of hydrogen-bond acceptors (Lipinski definition) is 3. The number of benzene rings is 3. The summed E-state index contributed by atoms with van der Waals surface area (Å²) >= 11 is 0. The normalized spacial score (nSPS) is 24.7. The monoisotopic (exact) mass is 474 g/mol. The third-order valence-electron chi connectivity index (χ3n) is 7.49. The van der Waals surface area contributed by atoms with Gasteiger partial charge in [0.1, 0.15) is 17.2 Å². The van der Waals surface area contributed by atoms with Gasteiger partial charge >= 0.3 is 5.97 Å². The summed E-state index contributed by atoms with van der Waals surface area (Å²) in [6.45, 7) is 4.04. The van der Waals surface area contributed by atoms with Crippen LogP contribution in [-0.2, 0) is 22.4 Å². The van der Waals surface area contributed by atoms with Gasteiger partial charge in [-0.3, -0.25) is 4.79 Å². The molecule has 3 aromatic carbocycles. The highest BCUT2D eigenvalue weighted by Crippen LogP contribution is 2.52. The maximum absolute atomic E-state index is 13.3. The first kappa shape index (κ1) is 23.6. The standard InChI is InChI=1S/C30H31FO4/c1-30(2)25-18-24(29(32)33)26(14-10-19-8-12-22(31)13-9-19)34-28(25)23-17-21(11-15-27(23)35-30)16-20-6-4-3-5-7-20/h3-9,11-13,15,17,24-26,28H,10,14,16,18H2,1-2H3,(H,32,33)/t24-,25-,26-,28+/m0/s1. The highest BCUT2D eigenvalue weighted by atomic mass is 19.1. The van der Waals surface area contributed by atoms with E-state index in [-0.39, 0.29) is 17.8 Å². The molecule has 0 bridgehead atoms. The molecule has 4 atom stereocenters. The van der Waals surface area contributed by atoms with Gasteiger partial charge in [-0.25, -0.2) is 4.39 Å². The minimum absolute atomic E-state index is 0.0786. The quantitative estimate of drug-likeness (QED) is 0.451. The molecule has 5 rings (SSSR count). The average molecular weight is 475 g/mol. The van der Waals surface area contributed by atoms with E-state index in [1.165, 1.54) is 23.3 Å². The van der Waals surface area contributed by atoms with E-state index in [1.807, 2.05) is 38.1 Å². The zero-order valence-corrected chi connectivity index (χ0v) is 20.1. The lowest BCUT2D eigenvalue weighted by molar-refractivity contribution is -0.188. The number of halogens is 1. The summed E-state index contributed by atoms with van der Waals surface area (Å²) in [6, 6.07) is 23.0. The van der Waals surface area contributed by atoms with Crippen LogP contribution in [0, 0.1) is 17.7 Å². The highest BCUT2D eigenvalue weighted by molar-refractivity contribution is 5.71. The van der Waals surface area contributed by atoms with Gasteiger partial charge in [-0.05, 0) is 80.5 Å². The highest BCUT2D eigenvalue weighted by Gasteiger charge is 2.51. The number of ether oxygens (including phenoxy) is 2. The number of hydrogen-bond donors (Lipinski definition) is 1. The lowest BCUT2D eigenvalue weighted by Gasteiger charge is -2.50. The van der Waals surface area contributed by atoms with Gasteiger partial charge in [-0.1, -0.05) is 48.5 Å². The molecule has 1 saturated heterocycles.